The summed E-state index contributed by atoms with van der Waals surface area (Å²) in [5.41, 5.74) is 2.15. The van der Waals surface area contributed by atoms with Crippen LogP contribution in [0.2, 0.25) is 0 Å². The van der Waals surface area contributed by atoms with Crippen molar-refractivity contribution in [3.05, 3.63) is 106 Å². The maximum atomic E-state index is 13.1. The van der Waals surface area contributed by atoms with Crippen LogP contribution in [-0.2, 0) is 10.4 Å². The minimum absolute atomic E-state index is 0.355. The zero-order valence-corrected chi connectivity index (χ0v) is 19.7. The summed E-state index contributed by atoms with van der Waals surface area (Å²) < 4.78 is 11.9. The Kier molecular flexibility index (Phi) is 8.02. The van der Waals surface area contributed by atoms with Crippen molar-refractivity contribution in [2.24, 2.45) is 5.10 Å². The monoisotopic (exact) mass is 542 g/mol. The van der Waals surface area contributed by atoms with Crippen LogP contribution in [0.25, 0.3) is 0 Å². The molecule has 0 fully saturated rings. The second-order valence-electron chi connectivity index (χ2n) is 6.78. The van der Waals surface area contributed by atoms with Crippen LogP contribution in [0.4, 0.5) is 0 Å². The molecular weight excluding hydrogens is 519 g/mol. The molecule has 32 heavy (non-hydrogen) atoms. The average Bonchev–Trinajstić information content (AvgIpc) is 2.83. The van der Waals surface area contributed by atoms with Crippen molar-refractivity contribution in [1.82, 2.24) is 5.43 Å². The standard InChI is InChI=1S/C25H23IN2O4/c1-3-14-32-23-21(26)15-18(16-22(23)31-2)17-27-28-24(29)25(30,19-10-6-4-7-11-19)20-12-8-5-9-13-20/h3-13,15-17,30H,1,14H2,2H3,(H,28,29)/b27-17+. The molecule has 0 aromatic heterocycles. The zero-order chi connectivity index (χ0) is 23.0. The third kappa shape index (κ3) is 5.17. The summed E-state index contributed by atoms with van der Waals surface area (Å²) in [7, 11) is 1.55. The Balaban J connectivity index is 1.85. The van der Waals surface area contributed by atoms with E-state index in [-0.39, 0.29) is 0 Å². The number of ether oxygens (including phenoxy) is 2. The molecule has 164 valence electrons. The van der Waals surface area contributed by atoms with Gasteiger partial charge in [0.15, 0.2) is 17.1 Å². The van der Waals surface area contributed by atoms with Gasteiger partial charge in [0.25, 0.3) is 5.91 Å². The fourth-order valence-electron chi connectivity index (χ4n) is 3.13. The molecule has 2 N–H and O–H groups in total. The molecule has 3 aromatic rings. The van der Waals surface area contributed by atoms with Gasteiger partial charge in [-0.1, -0.05) is 73.3 Å². The van der Waals surface area contributed by atoms with Gasteiger partial charge in [0, 0.05) is 0 Å². The number of rotatable bonds is 9. The second-order valence-corrected chi connectivity index (χ2v) is 7.94. The number of hydrogen-bond acceptors (Lipinski definition) is 5. The van der Waals surface area contributed by atoms with E-state index in [2.05, 4.69) is 39.7 Å². The lowest BCUT2D eigenvalue weighted by Crippen LogP contribution is -2.43. The molecule has 3 aromatic carbocycles. The van der Waals surface area contributed by atoms with E-state index in [1.807, 2.05) is 18.2 Å². The quantitative estimate of drug-likeness (QED) is 0.184. The van der Waals surface area contributed by atoms with Gasteiger partial charge in [0.05, 0.1) is 16.9 Å². The fraction of sp³-hybridized carbons (Fsp3) is 0.120. The summed E-state index contributed by atoms with van der Waals surface area (Å²) in [4.78, 5) is 13.1. The molecule has 0 radical (unpaired) electrons. The van der Waals surface area contributed by atoms with Crippen molar-refractivity contribution in [1.29, 1.82) is 0 Å². The van der Waals surface area contributed by atoms with Crippen molar-refractivity contribution in [2.75, 3.05) is 13.7 Å². The first-order valence-electron chi connectivity index (χ1n) is 9.78. The number of carbonyl (C=O) groups is 1. The van der Waals surface area contributed by atoms with Crippen LogP contribution < -0.4 is 14.9 Å². The van der Waals surface area contributed by atoms with E-state index in [0.29, 0.717) is 34.8 Å². The summed E-state index contributed by atoms with van der Waals surface area (Å²) in [6.45, 7) is 4.00. The van der Waals surface area contributed by atoms with Crippen molar-refractivity contribution in [2.45, 2.75) is 5.60 Å². The molecule has 0 heterocycles. The van der Waals surface area contributed by atoms with E-state index >= 15 is 0 Å². The predicted molar refractivity (Wildman–Crippen MR) is 133 cm³/mol. The second kappa shape index (κ2) is 10.9. The number of benzene rings is 3. The number of nitrogens with one attached hydrogen (secondary N) is 1. The molecule has 7 heteroatoms. The van der Waals surface area contributed by atoms with Gasteiger partial charge < -0.3 is 14.6 Å². The number of halogens is 1. The molecular formula is C25H23IN2O4. The lowest BCUT2D eigenvalue weighted by Gasteiger charge is -2.27. The Labute approximate surface area is 200 Å². The topological polar surface area (TPSA) is 80.2 Å². The van der Waals surface area contributed by atoms with Crippen molar-refractivity contribution in [3.8, 4) is 11.5 Å². The van der Waals surface area contributed by atoms with Gasteiger partial charge in [-0.3, -0.25) is 4.79 Å². The molecule has 0 aliphatic carbocycles. The van der Waals surface area contributed by atoms with Crippen LogP contribution in [0.3, 0.4) is 0 Å². The summed E-state index contributed by atoms with van der Waals surface area (Å²) in [5.74, 6) is 0.479. The van der Waals surface area contributed by atoms with Crippen molar-refractivity contribution >= 4 is 34.7 Å². The first-order chi connectivity index (χ1) is 15.5. The molecule has 0 saturated carbocycles. The van der Waals surface area contributed by atoms with Crippen LogP contribution >= 0.6 is 22.6 Å². The van der Waals surface area contributed by atoms with Crippen molar-refractivity contribution in [3.63, 3.8) is 0 Å². The zero-order valence-electron chi connectivity index (χ0n) is 17.5. The number of nitrogens with zero attached hydrogens (tertiary/aromatic N) is 1. The molecule has 6 nitrogen and oxygen atoms in total. The number of carbonyl (C=O) groups excluding carboxylic acids is 1. The Bertz CT molecular complexity index is 1060. The Hall–Kier alpha value is -3.17. The molecule has 1 amide bonds. The molecule has 0 unspecified atom stereocenters. The van der Waals surface area contributed by atoms with E-state index in [0.717, 1.165) is 3.57 Å². The number of methoxy groups -OCH3 is 1. The normalized spacial score (nSPS) is 11.2. The number of amides is 1. The van der Waals surface area contributed by atoms with Crippen molar-refractivity contribution < 1.29 is 19.4 Å². The predicted octanol–water partition coefficient (Wildman–Crippen LogP) is 4.25. The van der Waals surface area contributed by atoms with E-state index < -0.39 is 11.5 Å². The van der Waals surface area contributed by atoms with Crippen LogP contribution in [-0.4, -0.2) is 30.9 Å². The molecule has 0 aliphatic heterocycles. The van der Waals surface area contributed by atoms with Gasteiger partial charge in [0.2, 0.25) is 0 Å². The molecule has 0 atom stereocenters. The molecule has 0 spiro atoms. The number of hydrogen-bond donors (Lipinski definition) is 2. The van der Waals surface area contributed by atoms with Gasteiger partial charge in [-0.15, -0.1) is 0 Å². The first-order valence-corrected chi connectivity index (χ1v) is 10.9. The SMILES string of the molecule is C=CCOc1c(I)cc(/C=N/NC(=O)C(O)(c2ccccc2)c2ccccc2)cc1OC. The highest BCUT2D eigenvalue weighted by Crippen LogP contribution is 2.34. The summed E-state index contributed by atoms with van der Waals surface area (Å²) in [6.07, 6.45) is 3.14. The maximum Gasteiger partial charge on any atom is 0.281 e. The van der Waals surface area contributed by atoms with Gasteiger partial charge in [-0.05, 0) is 51.4 Å². The Morgan fingerprint density at radius 3 is 2.25 bits per heavy atom. The molecule has 0 bridgehead atoms. The minimum atomic E-state index is -1.89. The lowest BCUT2D eigenvalue weighted by atomic mass is 9.85. The Morgan fingerprint density at radius 2 is 1.72 bits per heavy atom. The van der Waals surface area contributed by atoms with Crippen LogP contribution in [0.15, 0.2) is 90.6 Å². The van der Waals surface area contributed by atoms with E-state index in [1.165, 1.54) is 6.21 Å². The molecule has 0 saturated heterocycles. The highest BCUT2D eigenvalue weighted by molar-refractivity contribution is 14.1. The fourth-order valence-corrected chi connectivity index (χ4v) is 3.91. The average molecular weight is 542 g/mol. The summed E-state index contributed by atoms with van der Waals surface area (Å²) >= 11 is 2.14. The number of aliphatic hydroxyl groups is 1. The highest BCUT2D eigenvalue weighted by atomic mass is 127. The molecule has 0 aliphatic rings. The van der Waals surface area contributed by atoms with Crippen LogP contribution in [0.5, 0.6) is 11.5 Å². The van der Waals surface area contributed by atoms with Gasteiger partial charge in [0.1, 0.15) is 6.61 Å². The van der Waals surface area contributed by atoms with E-state index in [1.54, 1.807) is 67.8 Å². The summed E-state index contributed by atoms with van der Waals surface area (Å²) in [5, 5.41) is 15.5. The van der Waals surface area contributed by atoms with E-state index in [4.69, 9.17) is 9.47 Å². The number of hydrazone groups is 1. The third-order valence-electron chi connectivity index (χ3n) is 4.69. The summed E-state index contributed by atoms with van der Waals surface area (Å²) in [6, 6.07) is 21.1. The highest BCUT2D eigenvalue weighted by Gasteiger charge is 2.39. The minimum Gasteiger partial charge on any atom is -0.493 e. The largest absolute Gasteiger partial charge is 0.493 e. The van der Waals surface area contributed by atoms with Gasteiger partial charge in [-0.2, -0.15) is 5.10 Å². The Morgan fingerprint density at radius 1 is 1.12 bits per heavy atom. The van der Waals surface area contributed by atoms with Gasteiger partial charge >= 0.3 is 0 Å². The smallest absolute Gasteiger partial charge is 0.281 e. The maximum absolute atomic E-state index is 13.1. The van der Waals surface area contributed by atoms with Crippen LogP contribution in [0, 0.1) is 3.57 Å². The van der Waals surface area contributed by atoms with Crippen LogP contribution in [0.1, 0.15) is 16.7 Å². The van der Waals surface area contributed by atoms with E-state index in [9.17, 15) is 9.90 Å². The lowest BCUT2D eigenvalue weighted by molar-refractivity contribution is -0.136. The molecule has 3 rings (SSSR count). The first kappa shape index (κ1) is 23.5. The van der Waals surface area contributed by atoms with Gasteiger partial charge in [-0.25, -0.2) is 5.43 Å². The third-order valence-corrected chi connectivity index (χ3v) is 5.49.